The number of amides is 1. The molecule has 1 fully saturated rings. The molecule has 0 bridgehead atoms. The van der Waals surface area contributed by atoms with Gasteiger partial charge in [-0.2, -0.15) is 0 Å². The number of nitrogens with one attached hydrogen (secondary N) is 1. The number of sulfonamides is 1. The van der Waals surface area contributed by atoms with Gasteiger partial charge in [0.15, 0.2) is 0 Å². The van der Waals surface area contributed by atoms with Crippen molar-refractivity contribution in [2.75, 3.05) is 20.2 Å². The molecule has 2 aromatic rings. The van der Waals surface area contributed by atoms with Crippen molar-refractivity contribution in [2.24, 2.45) is 0 Å². The van der Waals surface area contributed by atoms with Gasteiger partial charge >= 0.3 is 0 Å². The molecule has 0 atom stereocenters. The van der Waals surface area contributed by atoms with Gasteiger partial charge in [0.25, 0.3) is 5.91 Å². The highest BCUT2D eigenvalue weighted by Crippen LogP contribution is 2.22. The Morgan fingerprint density at radius 1 is 1.11 bits per heavy atom. The number of nitrogens with zero attached hydrogens (tertiary/aromatic N) is 1. The molecule has 0 heterocycles. The molecule has 1 N–H and O–H groups in total. The van der Waals surface area contributed by atoms with Gasteiger partial charge in [-0.3, -0.25) is 4.79 Å². The number of rotatable bonds is 8. The zero-order valence-electron chi connectivity index (χ0n) is 15.5. The fourth-order valence-electron chi connectivity index (χ4n) is 2.52. The molecule has 1 aliphatic carbocycles. The second kappa shape index (κ2) is 8.10. The summed E-state index contributed by atoms with van der Waals surface area (Å²) in [4.78, 5) is 14.2. The first-order chi connectivity index (χ1) is 12.8. The maximum absolute atomic E-state index is 12.5. The van der Waals surface area contributed by atoms with Crippen LogP contribution in [0.5, 0.6) is 5.75 Å². The molecular weight excluding hydrogens is 364 g/mol. The van der Waals surface area contributed by atoms with Gasteiger partial charge in [0.2, 0.25) is 10.0 Å². The highest BCUT2D eigenvalue weighted by Gasteiger charge is 2.28. The van der Waals surface area contributed by atoms with Crippen molar-refractivity contribution in [3.05, 3.63) is 59.7 Å². The molecule has 1 aliphatic rings. The number of hydrogen-bond acceptors (Lipinski definition) is 4. The smallest absolute Gasteiger partial charge is 0.253 e. The predicted octanol–water partition coefficient (Wildman–Crippen LogP) is 2.59. The number of hydrogen-bond donors (Lipinski definition) is 1. The van der Waals surface area contributed by atoms with Gasteiger partial charge in [0.05, 0.1) is 11.4 Å². The van der Waals surface area contributed by atoms with Crippen LogP contribution in [0.2, 0.25) is 0 Å². The summed E-state index contributed by atoms with van der Waals surface area (Å²) in [6.45, 7) is 2.81. The summed E-state index contributed by atoms with van der Waals surface area (Å²) < 4.78 is 32.6. The Morgan fingerprint density at radius 2 is 1.74 bits per heavy atom. The summed E-state index contributed by atoms with van der Waals surface area (Å²) in [5.74, 6) is 0.584. The Hall–Kier alpha value is -2.38. The first kappa shape index (κ1) is 19.4. The Labute approximate surface area is 160 Å². The summed E-state index contributed by atoms with van der Waals surface area (Å²) in [7, 11) is -1.81. The van der Waals surface area contributed by atoms with E-state index in [1.165, 1.54) is 12.1 Å². The summed E-state index contributed by atoms with van der Waals surface area (Å²) >= 11 is 0. The first-order valence-corrected chi connectivity index (χ1v) is 10.4. The fourth-order valence-corrected chi connectivity index (χ4v) is 3.83. The minimum absolute atomic E-state index is 0.0518. The summed E-state index contributed by atoms with van der Waals surface area (Å²) in [6.07, 6.45) is 1.76. The van der Waals surface area contributed by atoms with E-state index in [-0.39, 0.29) is 16.8 Å². The van der Waals surface area contributed by atoms with Crippen LogP contribution in [0.3, 0.4) is 0 Å². The van der Waals surface area contributed by atoms with Gasteiger partial charge in [-0.15, -0.1) is 0 Å². The van der Waals surface area contributed by atoms with E-state index in [9.17, 15) is 13.2 Å². The van der Waals surface area contributed by atoms with Crippen molar-refractivity contribution < 1.29 is 17.9 Å². The lowest BCUT2D eigenvalue weighted by molar-refractivity contribution is 0.0773. The van der Waals surface area contributed by atoms with Gasteiger partial charge < -0.3 is 9.64 Å². The number of benzene rings is 2. The highest BCUT2D eigenvalue weighted by atomic mass is 32.2. The van der Waals surface area contributed by atoms with Crippen LogP contribution in [0.1, 0.15) is 28.8 Å². The standard InChI is InChI=1S/C20H24N2O4S/c1-15-3-9-18(10-4-15)26-14-13-22(2)20(23)16-5-11-19(12-6-16)27(24,25)21-17-7-8-17/h3-6,9-12,17,21H,7-8,13-14H2,1-2H3. The van der Waals surface area contributed by atoms with Gasteiger partial charge in [0, 0.05) is 18.7 Å². The van der Waals surface area contributed by atoms with E-state index < -0.39 is 10.0 Å². The minimum Gasteiger partial charge on any atom is -0.492 e. The first-order valence-electron chi connectivity index (χ1n) is 8.92. The molecular formula is C20H24N2O4S. The van der Waals surface area contributed by atoms with Crippen LogP contribution in [0.15, 0.2) is 53.4 Å². The maximum Gasteiger partial charge on any atom is 0.253 e. The van der Waals surface area contributed by atoms with Gasteiger partial charge in [0.1, 0.15) is 12.4 Å². The lowest BCUT2D eigenvalue weighted by Crippen LogP contribution is -2.31. The number of aryl methyl sites for hydroxylation is 1. The van der Waals surface area contributed by atoms with E-state index >= 15 is 0 Å². The third kappa shape index (κ3) is 5.30. The van der Waals surface area contributed by atoms with Crippen molar-refractivity contribution in [1.29, 1.82) is 0 Å². The van der Waals surface area contributed by atoms with E-state index in [4.69, 9.17) is 4.74 Å². The molecule has 2 aromatic carbocycles. The Balaban J connectivity index is 1.53. The van der Waals surface area contributed by atoms with Crippen LogP contribution < -0.4 is 9.46 Å². The highest BCUT2D eigenvalue weighted by molar-refractivity contribution is 7.89. The lowest BCUT2D eigenvalue weighted by atomic mass is 10.2. The van der Waals surface area contributed by atoms with Crippen molar-refractivity contribution >= 4 is 15.9 Å². The third-order valence-corrected chi connectivity index (χ3v) is 5.91. The Morgan fingerprint density at radius 3 is 2.33 bits per heavy atom. The number of carbonyl (C=O) groups excluding carboxylic acids is 1. The van der Waals surface area contributed by atoms with Crippen molar-refractivity contribution in [3.8, 4) is 5.75 Å². The lowest BCUT2D eigenvalue weighted by Gasteiger charge is -2.18. The van der Waals surface area contributed by atoms with E-state index in [2.05, 4.69) is 4.72 Å². The molecule has 144 valence electrons. The minimum atomic E-state index is -3.50. The average Bonchev–Trinajstić information content (AvgIpc) is 3.46. The van der Waals surface area contributed by atoms with Gasteiger partial charge in [-0.1, -0.05) is 17.7 Å². The zero-order valence-corrected chi connectivity index (χ0v) is 16.3. The Bertz CT molecular complexity index is 889. The molecule has 1 amide bonds. The normalized spacial score (nSPS) is 14.0. The topological polar surface area (TPSA) is 75.7 Å². The van der Waals surface area contributed by atoms with Crippen LogP contribution in [0.25, 0.3) is 0 Å². The average molecular weight is 388 g/mol. The van der Waals surface area contributed by atoms with E-state index in [0.29, 0.717) is 18.7 Å². The van der Waals surface area contributed by atoms with Crippen LogP contribution in [-0.4, -0.2) is 45.5 Å². The third-order valence-electron chi connectivity index (χ3n) is 4.37. The van der Waals surface area contributed by atoms with Crippen molar-refractivity contribution in [1.82, 2.24) is 9.62 Å². The molecule has 0 saturated heterocycles. The molecule has 7 heteroatoms. The Kier molecular flexibility index (Phi) is 5.82. The quantitative estimate of drug-likeness (QED) is 0.754. The van der Waals surface area contributed by atoms with Crippen LogP contribution in [0, 0.1) is 6.92 Å². The van der Waals surface area contributed by atoms with Crippen LogP contribution in [-0.2, 0) is 10.0 Å². The second-order valence-corrected chi connectivity index (χ2v) is 8.52. The SMILES string of the molecule is Cc1ccc(OCCN(C)C(=O)c2ccc(S(=O)(=O)NC3CC3)cc2)cc1. The second-order valence-electron chi connectivity index (χ2n) is 6.81. The van der Waals surface area contributed by atoms with Crippen LogP contribution >= 0.6 is 0 Å². The van der Waals surface area contributed by atoms with E-state index in [1.54, 1.807) is 24.1 Å². The molecule has 27 heavy (non-hydrogen) atoms. The van der Waals surface area contributed by atoms with Crippen molar-refractivity contribution in [2.45, 2.75) is 30.7 Å². The predicted molar refractivity (Wildman–Crippen MR) is 103 cm³/mol. The molecule has 0 spiro atoms. The molecule has 0 radical (unpaired) electrons. The summed E-state index contributed by atoms with van der Waals surface area (Å²) in [5, 5.41) is 0. The number of carbonyl (C=O) groups is 1. The molecule has 0 aliphatic heterocycles. The monoisotopic (exact) mass is 388 g/mol. The molecule has 0 unspecified atom stereocenters. The largest absolute Gasteiger partial charge is 0.492 e. The molecule has 3 rings (SSSR count). The van der Waals surface area contributed by atoms with E-state index in [1.807, 2.05) is 31.2 Å². The van der Waals surface area contributed by atoms with Crippen LogP contribution in [0.4, 0.5) is 0 Å². The molecule has 6 nitrogen and oxygen atoms in total. The summed E-state index contributed by atoms with van der Waals surface area (Å²) in [6, 6.07) is 13.8. The molecule has 1 saturated carbocycles. The van der Waals surface area contributed by atoms with Crippen molar-refractivity contribution in [3.63, 3.8) is 0 Å². The maximum atomic E-state index is 12.5. The number of likely N-dealkylation sites (N-methyl/N-ethyl adjacent to an activating group) is 1. The van der Waals surface area contributed by atoms with E-state index in [0.717, 1.165) is 24.2 Å². The number of ether oxygens (including phenoxy) is 1. The van der Waals surface area contributed by atoms with Gasteiger partial charge in [-0.25, -0.2) is 13.1 Å². The van der Waals surface area contributed by atoms with Gasteiger partial charge in [-0.05, 0) is 56.2 Å². The fraction of sp³-hybridized carbons (Fsp3) is 0.350. The summed E-state index contributed by atoms with van der Waals surface area (Å²) in [5.41, 5.74) is 1.60. The zero-order chi connectivity index (χ0) is 19.4. The molecule has 0 aromatic heterocycles.